The van der Waals surface area contributed by atoms with E-state index in [9.17, 15) is 19.2 Å². The number of hydrogen-bond acceptors (Lipinski definition) is 5. The number of anilines is 2. The smallest absolute Gasteiger partial charge is 0.260 e. The van der Waals surface area contributed by atoms with E-state index in [1.54, 1.807) is 62.4 Å². The predicted octanol–water partition coefficient (Wildman–Crippen LogP) is 3.10. The number of carbonyl (C=O) groups excluding carboxylic acids is 4. The molecular formula is C23H27N3O5. The van der Waals surface area contributed by atoms with Crippen LogP contribution in [0.4, 0.5) is 11.4 Å². The molecule has 0 aliphatic carbocycles. The molecule has 164 valence electrons. The quantitative estimate of drug-likeness (QED) is 0.569. The Labute approximate surface area is 181 Å². The maximum Gasteiger partial charge on any atom is 0.260 e. The molecule has 0 atom stereocenters. The van der Waals surface area contributed by atoms with Gasteiger partial charge in [-0.3, -0.25) is 19.2 Å². The van der Waals surface area contributed by atoms with Crippen molar-refractivity contribution in [3.63, 3.8) is 0 Å². The average molecular weight is 425 g/mol. The van der Waals surface area contributed by atoms with Crippen LogP contribution >= 0.6 is 0 Å². The van der Waals surface area contributed by atoms with Crippen LogP contribution in [-0.2, 0) is 14.4 Å². The van der Waals surface area contributed by atoms with Gasteiger partial charge in [0.05, 0.1) is 6.54 Å². The van der Waals surface area contributed by atoms with E-state index in [0.717, 1.165) is 0 Å². The molecule has 8 heteroatoms. The van der Waals surface area contributed by atoms with Gasteiger partial charge in [-0.15, -0.1) is 0 Å². The van der Waals surface area contributed by atoms with Crippen LogP contribution in [0.1, 0.15) is 37.6 Å². The molecule has 2 N–H and O–H groups in total. The van der Waals surface area contributed by atoms with Crippen molar-refractivity contribution < 1.29 is 23.9 Å². The minimum atomic E-state index is -0.343. The summed E-state index contributed by atoms with van der Waals surface area (Å²) in [6, 6.07) is 13.3. The lowest BCUT2D eigenvalue weighted by atomic mass is 10.1. The lowest BCUT2D eigenvalue weighted by Crippen LogP contribution is -2.40. The van der Waals surface area contributed by atoms with E-state index in [-0.39, 0.29) is 36.7 Å². The summed E-state index contributed by atoms with van der Waals surface area (Å²) < 4.78 is 5.49. The first-order valence-corrected chi connectivity index (χ1v) is 10.0. The molecule has 2 rings (SSSR count). The fourth-order valence-electron chi connectivity index (χ4n) is 2.77. The first kappa shape index (κ1) is 23.6. The highest BCUT2D eigenvalue weighted by Gasteiger charge is 2.16. The Bertz CT molecular complexity index is 923. The Morgan fingerprint density at radius 2 is 1.45 bits per heavy atom. The van der Waals surface area contributed by atoms with Crippen LogP contribution in [0, 0.1) is 0 Å². The summed E-state index contributed by atoms with van der Waals surface area (Å²) in [4.78, 5) is 48.8. The van der Waals surface area contributed by atoms with Crippen LogP contribution < -0.4 is 15.4 Å². The summed E-state index contributed by atoms with van der Waals surface area (Å²) in [6.07, 6.45) is 0.422. The summed E-state index contributed by atoms with van der Waals surface area (Å²) in [5.41, 5.74) is 1.78. The molecule has 0 fully saturated rings. The molecule has 31 heavy (non-hydrogen) atoms. The molecule has 8 nitrogen and oxygen atoms in total. The summed E-state index contributed by atoms with van der Waals surface area (Å²) in [6.45, 7) is 5.00. The van der Waals surface area contributed by atoms with Crippen LogP contribution in [0.15, 0.2) is 48.5 Å². The standard InChI is InChI=1S/C23H27N3O5/c1-4-21(28)17-6-12-20(13-7-17)31-15-23(30)26(5-2)14-22(29)25-19-10-8-18(9-11-19)24-16(3)27/h6-13H,4-5,14-15H2,1-3H3,(H,24,27)(H,25,29). The summed E-state index contributed by atoms with van der Waals surface area (Å²) >= 11 is 0. The number of hydrogen-bond donors (Lipinski definition) is 2. The normalized spacial score (nSPS) is 10.2. The second-order valence-electron chi connectivity index (χ2n) is 6.80. The van der Waals surface area contributed by atoms with Crippen molar-refractivity contribution in [2.24, 2.45) is 0 Å². The highest BCUT2D eigenvalue weighted by Crippen LogP contribution is 2.15. The van der Waals surface area contributed by atoms with Crippen molar-refractivity contribution in [1.82, 2.24) is 4.90 Å². The van der Waals surface area contributed by atoms with Gasteiger partial charge in [0, 0.05) is 36.8 Å². The molecular weight excluding hydrogens is 398 g/mol. The third-order valence-corrected chi connectivity index (χ3v) is 4.42. The van der Waals surface area contributed by atoms with E-state index in [4.69, 9.17) is 4.74 Å². The fourth-order valence-corrected chi connectivity index (χ4v) is 2.77. The topological polar surface area (TPSA) is 105 Å². The van der Waals surface area contributed by atoms with Crippen molar-refractivity contribution in [2.45, 2.75) is 27.2 Å². The van der Waals surface area contributed by atoms with Gasteiger partial charge in [-0.1, -0.05) is 6.92 Å². The molecule has 0 unspecified atom stereocenters. The molecule has 2 aromatic rings. The first-order valence-electron chi connectivity index (χ1n) is 10.0. The van der Waals surface area contributed by atoms with Gasteiger partial charge in [-0.05, 0) is 55.5 Å². The SMILES string of the molecule is CCC(=O)c1ccc(OCC(=O)N(CC)CC(=O)Nc2ccc(NC(C)=O)cc2)cc1. The van der Waals surface area contributed by atoms with Crippen LogP contribution in [0.2, 0.25) is 0 Å². The molecule has 0 aromatic heterocycles. The highest BCUT2D eigenvalue weighted by molar-refractivity contribution is 5.96. The van der Waals surface area contributed by atoms with Gasteiger partial charge >= 0.3 is 0 Å². The summed E-state index contributed by atoms with van der Waals surface area (Å²) in [7, 11) is 0. The minimum Gasteiger partial charge on any atom is -0.484 e. The second kappa shape index (κ2) is 11.5. The molecule has 0 bridgehead atoms. The molecule has 0 spiro atoms. The van der Waals surface area contributed by atoms with Crippen molar-refractivity contribution in [3.8, 4) is 5.75 Å². The molecule has 2 aromatic carbocycles. The third kappa shape index (κ3) is 7.58. The van der Waals surface area contributed by atoms with Crippen LogP contribution in [0.25, 0.3) is 0 Å². The number of carbonyl (C=O) groups is 4. The summed E-state index contributed by atoms with van der Waals surface area (Å²) in [5.74, 6) is -0.338. The maximum absolute atomic E-state index is 12.4. The van der Waals surface area contributed by atoms with Crippen molar-refractivity contribution >= 4 is 34.9 Å². The minimum absolute atomic E-state index is 0.0375. The Morgan fingerprint density at radius 3 is 1.97 bits per heavy atom. The lowest BCUT2D eigenvalue weighted by molar-refractivity contribution is -0.136. The average Bonchev–Trinajstić information content (AvgIpc) is 2.76. The monoisotopic (exact) mass is 425 g/mol. The number of benzene rings is 2. The highest BCUT2D eigenvalue weighted by atomic mass is 16.5. The Hall–Kier alpha value is -3.68. The van der Waals surface area contributed by atoms with Gasteiger partial charge in [0.15, 0.2) is 12.4 Å². The molecule has 0 radical (unpaired) electrons. The number of nitrogens with one attached hydrogen (secondary N) is 2. The van der Waals surface area contributed by atoms with E-state index in [1.807, 2.05) is 0 Å². The molecule has 0 saturated carbocycles. The zero-order valence-electron chi connectivity index (χ0n) is 17.9. The molecule has 0 aliphatic rings. The number of Topliss-reactive ketones (excluding diaryl/α,β-unsaturated/α-hetero) is 1. The first-order chi connectivity index (χ1) is 14.8. The van der Waals surface area contributed by atoms with E-state index < -0.39 is 0 Å². The van der Waals surface area contributed by atoms with Crippen molar-refractivity contribution in [2.75, 3.05) is 30.3 Å². The number of likely N-dealkylation sites (N-methyl/N-ethyl adjacent to an activating group) is 1. The maximum atomic E-state index is 12.4. The molecule has 0 saturated heterocycles. The van der Waals surface area contributed by atoms with Crippen LogP contribution in [-0.4, -0.2) is 48.1 Å². The van der Waals surface area contributed by atoms with E-state index in [0.29, 0.717) is 35.7 Å². The van der Waals surface area contributed by atoms with Crippen molar-refractivity contribution in [3.05, 3.63) is 54.1 Å². The van der Waals surface area contributed by atoms with Crippen molar-refractivity contribution in [1.29, 1.82) is 0 Å². The van der Waals surface area contributed by atoms with Gasteiger partial charge in [-0.25, -0.2) is 0 Å². The van der Waals surface area contributed by atoms with E-state index in [1.165, 1.54) is 11.8 Å². The molecule has 0 heterocycles. The predicted molar refractivity (Wildman–Crippen MR) is 118 cm³/mol. The number of rotatable bonds is 10. The zero-order valence-corrected chi connectivity index (χ0v) is 17.9. The third-order valence-electron chi connectivity index (χ3n) is 4.42. The van der Waals surface area contributed by atoms with Gasteiger partial charge in [0.2, 0.25) is 11.8 Å². The van der Waals surface area contributed by atoms with Gasteiger partial charge in [0.1, 0.15) is 5.75 Å². The van der Waals surface area contributed by atoms with E-state index in [2.05, 4.69) is 10.6 Å². The number of nitrogens with zero attached hydrogens (tertiary/aromatic N) is 1. The number of ether oxygens (including phenoxy) is 1. The second-order valence-corrected chi connectivity index (χ2v) is 6.80. The molecule has 3 amide bonds. The van der Waals surface area contributed by atoms with Crippen LogP contribution in [0.3, 0.4) is 0 Å². The Morgan fingerprint density at radius 1 is 0.871 bits per heavy atom. The largest absolute Gasteiger partial charge is 0.484 e. The van der Waals surface area contributed by atoms with Gasteiger partial charge in [0.25, 0.3) is 5.91 Å². The fraction of sp³-hybridized carbons (Fsp3) is 0.304. The van der Waals surface area contributed by atoms with E-state index >= 15 is 0 Å². The zero-order chi connectivity index (χ0) is 22.8. The Kier molecular flexibility index (Phi) is 8.75. The number of ketones is 1. The van der Waals surface area contributed by atoms with Crippen LogP contribution in [0.5, 0.6) is 5.75 Å². The lowest BCUT2D eigenvalue weighted by Gasteiger charge is -2.20. The summed E-state index contributed by atoms with van der Waals surface area (Å²) in [5, 5.41) is 5.37. The van der Waals surface area contributed by atoms with Gasteiger partial charge in [-0.2, -0.15) is 0 Å². The number of amides is 3. The van der Waals surface area contributed by atoms with Gasteiger partial charge < -0.3 is 20.3 Å². The molecule has 0 aliphatic heterocycles. The Balaban J connectivity index is 1.85.